The molecule has 68 valence electrons. The van der Waals surface area contributed by atoms with Crippen molar-refractivity contribution in [2.75, 3.05) is 13.3 Å². The molecule has 0 unspecified atom stereocenters. The molecule has 0 radical (unpaired) electrons. The summed E-state index contributed by atoms with van der Waals surface area (Å²) in [5.41, 5.74) is 0.845. The van der Waals surface area contributed by atoms with Crippen LogP contribution in [0, 0.1) is 0 Å². The number of hydrogen-bond acceptors (Lipinski definition) is 2. The lowest BCUT2D eigenvalue weighted by Gasteiger charge is -2.05. The van der Waals surface area contributed by atoms with Gasteiger partial charge in [-0.05, 0) is 37.6 Å². The highest BCUT2D eigenvalue weighted by molar-refractivity contribution is 7.70. The number of rotatable bonds is 1. The quantitative estimate of drug-likeness (QED) is 0.653. The van der Waals surface area contributed by atoms with Crippen molar-refractivity contribution in [2.24, 2.45) is 0 Å². The molecule has 0 saturated heterocycles. The van der Waals surface area contributed by atoms with Crippen LogP contribution >= 0.6 is 7.14 Å². The van der Waals surface area contributed by atoms with Gasteiger partial charge < -0.3 is 8.98 Å². The Kier molecular flexibility index (Phi) is 1.81. The molecule has 0 atom stereocenters. The van der Waals surface area contributed by atoms with E-state index < -0.39 is 7.14 Å². The second kappa shape index (κ2) is 2.74. The van der Waals surface area contributed by atoms with Gasteiger partial charge in [0.05, 0.1) is 6.26 Å². The van der Waals surface area contributed by atoms with E-state index in [1.54, 1.807) is 19.6 Å². The van der Waals surface area contributed by atoms with Crippen LogP contribution < -0.4 is 5.30 Å². The van der Waals surface area contributed by atoms with Crippen molar-refractivity contribution in [3.8, 4) is 0 Å². The number of hydrogen-bond donors (Lipinski definition) is 0. The van der Waals surface area contributed by atoms with Crippen molar-refractivity contribution in [1.82, 2.24) is 0 Å². The third kappa shape index (κ3) is 1.54. The van der Waals surface area contributed by atoms with Crippen LogP contribution in [0.2, 0.25) is 0 Å². The lowest BCUT2D eigenvalue weighted by molar-refractivity contribution is 0.588. The maximum Gasteiger partial charge on any atom is 0.133 e. The van der Waals surface area contributed by atoms with Crippen molar-refractivity contribution in [2.45, 2.75) is 0 Å². The highest BCUT2D eigenvalue weighted by Gasteiger charge is 2.11. The summed E-state index contributed by atoms with van der Waals surface area (Å²) in [4.78, 5) is 0. The van der Waals surface area contributed by atoms with E-state index in [0.717, 1.165) is 16.3 Å². The second-order valence-electron chi connectivity index (χ2n) is 3.49. The maximum absolute atomic E-state index is 11.8. The zero-order chi connectivity index (χ0) is 9.47. The van der Waals surface area contributed by atoms with Crippen LogP contribution in [0.25, 0.3) is 11.0 Å². The molecule has 0 amide bonds. The van der Waals surface area contributed by atoms with Crippen molar-refractivity contribution < 1.29 is 8.98 Å². The predicted molar refractivity (Wildman–Crippen MR) is 55.3 cm³/mol. The van der Waals surface area contributed by atoms with E-state index in [1.807, 2.05) is 24.3 Å². The fourth-order valence-electron chi connectivity index (χ4n) is 1.29. The lowest BCUT2D eigenvalue weighted by atomic mass is 10.3. The molecule has 13 heavy (non-hydrogen) atoms. The third-order valence-corrected chi connectivity index (χ3v) is 3.58. The Hall–Kier alpha value is -1.01. The number of benzene rings is 1. The van der Waals surface area contributed by atoms with Gasteiger partial charge in [0.1, 0.15) is 12.7 Å². The van der Waals surface area contributed by atoms with E-state index in [4.69, 9.17) is 4.42 Å². The Bertz CT molecular complexity index is 478. The predicted octanol–water partition coefficient (Wildman–Crippen LogP) is 2.68. The molecule has 2 aromatic rings. The molecule has 0 spiro atoms. The fraction of sp³-hybridized carbons (Fsp3) is 0.200. The molecule has 0 aliphatic heterocycles. The van der Waals surface area contributed by atoms with Gasteiger partial charge >= 0.3 is 0 Å². The third-order valence-electron chi connectivity index (χ3n) is 2.06. The Morgan fingerprint density at radius 3 is 2.69 bits per heavy atom. The highest BCUT2D eigenvalue weighted by atomic mass is 31.2. The molecule has 0 N–H and O–H groups in total. The monoisotopic (exact) mass is 194 g/mol. The summed E-state index contributed by atoms with van der Waals surface area (Å²) < 4.78 is 16.9. The standard InChI is InChI=1S/C10H11O2P/c1-13(2,11)9-3-4-10-8(7-9)5-6-12-10/h3-7H,1-2H3. The Labute approximate surface area is 76.9 Å². The summed E-state index contributed by atoms with van der Waals surface area (Å²) in [6.07, 6.45) is 1.64. The second-order valence-corrected chi connectivity index (χ2v) is 6.71. The summed E-state index contributed by atoms with van der Waals surface area (Å²) in [6.45, 7) is 3.54. The van der Waals surface area contributed by atoms with E-state index in [0.29, 0.717) is 0 Å². The molecule has 0 saturated carbocycles. The van der Waals surface area contributed by atoms with Crippen molar-refractivity contribution in [3.05, 3.63) is 30.5 Å². The average Bonchev–Trinajstić information content (AvgIpc) is 2.47. The Balaban J connectivity index is 2.67. The summed E-state index contributed by atoms with van der Waals surface area (Å²) in [7, 11) is -2.14. The molecule has 2 rings (SSSR count). The molecule has 0 aliphatic carbocycles. The molecule has 0 fully saturated rings. The zero-order valence-electron chi connectivity index (χ0n) is 7.65. The minimum Gasteiger partial charge on any atom is -0.464 e. The van der Waals surface area contributed by atoms with Gasteiger partial charge in [-0.15, -0.1) is 0 Å². The summed E-state index contributed by atoms with van der Waals surface area (Å²) in [5.74, 6) is 0. The van der Waals surface area contributed by atoms with Gasteiger partial charge in [-0.2, -0.15) is 0 Å². The molecule has 2 nitrogen and oxygen atoms in total. The molecule has 3 heteroatoms. The SMILES string of the molecule is CP(C)(=O)c1ccc2occc2c1. The largest absolute Gasteiger partial charge is 0.464 e. The summed E-state index contributed by atoms with van der Waals surface area (Å²) >= 11 is 0. The van der Waals surface area contributed by atoms with E-state index in [2.05, 4.69) is 0 Å². The van der Waals surface area contributed by atoms with Crippen LogP contribution in [-0.4, -0.2) is 13.3 Å². The first kappa shape index (κ1) is 8.58. The first-order valence-corrected chi connectivity index (χ1v) is 6.70. The maximum atomic E-state index is 11.8. The normalized spacial score (nSPS) is 12.2. The molecular weight excluding hydrogens is 183 g/mol. The van der Waals surface area contributed by atoms with Gasteiger partial charge in [0.2, 0.25) is 0 Å². The topological polar surface area (TPSA) is 30.2 Å². The van der Waals surface area contributed by atoms with Crippen LogP contribution in [0.1, 0.15) is 0 Å². The minimum absolute atomic E-state index is 0.845. The van der Waals surface area contributed by atoms with Crippen molar-refractivity contribution >= 4 is 23.4 Å². The number of furan rings is 1. The number of fused-ring (bicyclic) bond motifs is 1. The van der Waals surface area contributed by atoms with Crippen LogP contribution in [0.5, 0.6) is 0 Å². The van der Waals surface area contributed by atoms with E-state index in [1.165, 1.54) is 0 Å². The zero-order valence-corrected chi connectivity index (χ0v) is 8.54. The molecule has 0 bridgehead atoms. The van der Waals surface area contributed by atoms with Crippen LogP contribution in [-0.2, 0) is 4.57 Å². The average molecular weight is 194 g/mol. The van der Waals surface area contributed by atoms with Gasteiger partial charge in [-0.3, -0.25) is 0 Å². The first-order valence-electron chi connectivity index (χ1n) is 4.10. The van der Waals surface area contributed by atoms with Crippen LogP contribution in [0.3, 0.4) is 0 Å². The van der Waals surface area contributed by atoms with E-state index >= 15 is 0 Å². The lowest BCUT2D eigenvalue weighted by Crippen LogP contribution is -2.00. The molecule has 1 aromatic carbocycles. The van der Waals surface area contributed by atoms with Crippen LogP contribution in [0.4, 0.5) is 0 Å². The fourth-order valence-corrected chi connectivity index (χ4v) is 2.17. The Morgan fingerprint density at radius 2 is 2.00 bits per heavy atom. The molecule has 1 heterocycles. The Morgan fingerprint density at radius 1 is 1.23 bits per heavy atom. The smallest absolute Gasteiger partial charge is 0.133 e. The minimum atomic E-state index is -2.14. The van der Waals surface area contributed by atoms with Gasteiger partial charge in [-0.25, -0.2) is 0 Å². The molecule has 1 aromatic heterocycles. The summed E-state index contributed by atoms with van der Waals surface area (Å²) in [6, 6.07) is 7.55. The van der Waals surface area contributed by atoms with Crippen molar-refractivity contribution in [1.29, 1.82) is 0 Å². The summed E-state index contributed by atoms with van der Waals surface area (Å²) in [5, 5.41) is 1.92. The first-order chi connectivity index (χ1) is 6.07. The van der Waals surface area contributed by atoms with Crippen LogP contribution in [0.15, 0.2) is 34.9 Å². The molecule has 0 aliphatic rings. The van der Waals surface area contributed by atoms with Gasteiger partial charge in [0, 0.05) is 10.7 Å². The van der Waals surface area contributed by atoms with Gasteiger partial charge in [0.15, 0.2) is 0 Å². The highest BCUT2D eigenvalue weighted by Crippen LogP contribution is 2.35. The van der Waals surface area contributed by atoms with E-state index in [9.17, 15) is 4.57 Å². The molecular formula is C10H11O2P. The van der Waals surface area contributed by atoms with Crippen molar-refractivity contribution in [3.63, 3.8) is 0 Å². The van der Waals surface area contributed by atoms with Gasteiger partial charge in [-0.1, -0.05) is 0 Å². The van der Waals surface area contributed by atoms with E-state index in [-0.39, 0.29) is 0 Å². The van der Waals surface area contributed by atoms with Gasteiger partial charge in [0.25, 0.3) is 0 Å².